The monoisotopic (exact) mass is 476 g/mol. The number of carbonyl (C=O) groups excluding carboxylic acids is 1. The molecule has 1 amide bonds. The van der Waals surface area contributed by atoms with Gasteiger partial charge in [-0.05, 0) is 48.7 Å². The smallest absolute Gasteiger partial charge is 0.237 e. The van der Waals surface area contributed by atoms with Crippen LogP contribution in [0, 0.1) is 0 Å². The van der Waals surface area contributed by atoms with Gasteiger partial charge in [-0.25, -0.2) is 0 Å². The molecular weight excluding hydrogens is 448 g/mol. The Labute approximate surface area is 186 Å². The average Bonchev–Trinajstić information content (AvgIpc) is 2.78. The molecule has 0 saturated carbocycles. The van der Waals surface area contributed by atoms with E-state index in [2.05, 4.69) is 38.3 Å². The first-order chi connectivity index (χ1) is 14.5. The molecule has 2 atom stereocenters. The molecule has 1 fully saturated rings. The minimum Gasteiger partial charge on any atom is -0.493 e. The van der Waals surface area contributed by atoms with Crippen LogP contribution in [0.25, 0.3) is 0 Å². The van der Waals surface area contributed by atoms with Crippen molar-refractivity contribution in [3.8, 4) is 11.5 Å². The number of benzene rings is 2. The predicted molar refractivity (Wildman–Crippen MR) is 120 cm³/mol. The molecule has 2 aromatic carbocycles. The van der Waals surface area contributed by atoms with Gasteiger partial charge in [-0.3, -0.25) is 9.69 Å². The summed E-state index contributed by atoms with van der Waals surface area (Å²) in [6.45, 7) is 4.57. The molecule has 30 heavy (non-hydrogen) atoms. The maximum absolute atomic E-state index is 12.7. The van der Waals surface area contributed by atoms with Crippen molar-refractivity contribution in [2.24, 2.45) is 0 Å². The zero-order valence-electron chi connectivity index (χ0n) is 17.7. The van der Waals surface area contributed by atoms with Crippen molar-refractivity contribution >= 4 is 21.8 Å². The highest BCUT2D eigenvalue weighted by Gasteiger charge is 2.28. The third-order valence-electron chi connectivity index (χ3n) is 5.41. The number of carbonyl (C=O) groups is 1. The van der Waals surface area contributed by atoms with Crippen LogP contribution in [-0.2, 0) is 16.0 Å². The van der Waals surface area contributed by atoms with E-state index in [4.69, 9.17) is 14.2 Å². The minimum atomic E-state index is -0.214. The Morgan fingerprint density at radius 3 is 2.77 bits per heavy atom. The van der Waals surface area contributed by atoms with Gasteiger partial charge in [0.15, 0.2) is 11.5 Å². The highest BCUT2D eigenvalue weighted by molar-refractivity contribution is 9.10. The second kappa shape index (κ2) is 10.8. The molecule has 0 radical (unpaired) electrons. The molecule has 1 heterocycles. The first-order valence-electron chi connectivity index (χ1n) is 10.1. The van der Waals surface area contributed by atoms with Gasteiger partial charge in [0, 0.05) is 24.1 Å². The lowest BCUT2D eigenvalue weighted by Gasteiger charge is -2.36. The molecule has 0 spiro atoms. The van der Waals surface area contributed by atoms with Crippen LogP contribution in [0.1, 0.15) is 24.2 Å². The van der Waals surface area contributed by atoms with E-state index in [0.29, 0.717) is 31.2 Å². The normalized spacial score (nSPS) is 17.9. The highest BCUT2D eigenvalue weighted by atomic mass is 79.9. The SMILES string of the molecule is COc1ccc(CCNC(=O)C(C)N2CCOC(c3cccc(Br)c3)C2)cc1OC. The molecule has 162 valence electrons. The first-order valence-corrected chi connectivity index (χ1v) is 10.9. The first kappa shape index (κ1) is 22.6. The van der Waals surface area contributed by atoms with Crippen LogP contribution in [0.4, 0.5) is 0 Å². The van der Waals surface area contributed by atoms with E-state index >= 15 is 0 Å². The van der Waals surface area contributed by atoms with Crippen molar-refractivity contribution < 1.29 is 19.0 Å². The van der Waals surface area contributed by atoms with Crippen molar-refractivity contribution in [1.29, 1.82) is 0 Å². The van der Waals surface area contributed by atoms with Crippen LogP contribution in [-0.4, -0.2) is 57.3 Å². The molecule has 1 saturated heterocycles. The zero-order valence-corrected chi connectivity index (χ0v) is 19.3. The van der Waals surface area contributed by atoms with Gasteiger partial charge in [-0.2, -0.15) is 0 Å². The second-order valence-corrected chi connectivity index (χ2v) is 8.23. The molecular formula is C23H29BrN2O4. The number of amides is 1. The van der Waals surface area contributed by atoms with Crippen LogP contribution >= 0.6 is 15.9 Å². The van der Waals surface area contributed by atoms with Gasteiger partial charge >= 0.3 is 0 Å². The Balaban J connectivity index is 1.51. The summed E-state index contributed by atoms with van der Waals surface area (Å²) >= 11 is 3.51. The zero-order chi connectivity index (χ0) is 21.5. The number of hydrogen-bond acceptors (Lipinski definition) is 5. The van der Waals surface area contributed by atoms with Crippen molar-refractivity contribution in [1.82, 2.24) is 10.2 Å². The van der Waals surface area contributed by atoms with E-state index in [9.17, 15) is 4.79 Å². The van der Waals surface area contributed by atoms with Crippen molar-refractivity contribution in [3.63, 3.8) is 0 Å². The average molecular weight is 477 g/mol. The quantitative estimate of drug-likeness (QED) is 0.630. The molecule has 1 aliphatic heterocycles. The second-order valence-electron chi connectivity index (χ2n) is 7.32. The number of nitrogens with one attached hydrogen (secondary N) is 1. The number of nitrogens with zero attached hydrogens (tertiary/aromatic N) is 1. The minimum absolute atomic E-state index is 0.0294. The van der Waals surface area contributed by atoms with E-state index in [1.807, 2.05) is 37.3 Å². The third kappa shape index (κ3) is 5.74. The van der Waals surface area contributed by atoms with Gasteiger partial charge in [-0.15, -0.1) is 0 Å². The molecule has 0 aromatic heterocycles. The number of rotatable bonds is 8. The number of methoxy groups -OCH3 is 2. The molecule has 1 aliphatic rings. The highest BCUT2D eigenvalue weighted by Crippen LogP contribution is 2.28. The van der Waals surface area contributed by atoms with E-state index in [-0.39, 0.29) is 18.1 Å². The fraction of sp³-hybridized carbons (Fsp3) is 0.435. The maximum Gasteiger partial charge on any atom is 0.237 e. The number of morpholine rings is 1. The molecule has 0 aliphatic carbocycles. The fourth-order valence-corrected chi connectivity index (χ4v) is 4.03. The molecule has 2 unspecified atom stereocenters. The van der Waals surface area contributed by atoms with Crippen molar-refractivity contribution in [2.75, 3.05) is 40.5 Å². The Morgan fingerprint density at radius 1 is 1.23 bits per heavy atom. The Morgan fingerprint density at radius 2 is 2.03 bits per heavy atom. The molecule has 0 bridgehead atoms. The van der Waals surface area contributed by atoms with Gasteiger partial charge in [0.05, 0.1) is 33.0 Å². The maximum atomic E-state index is 12.7. The van der Waals surface area contributed by atoms with Crippen molar-refractivity contribution in [3.05, 3.63) is 58.1 Å². The van der Waals surface area contributed by atoms with Gasteiger partial charge < -0.3 is 19.5 Å². The number of hydrogen-bond donors (Lipinski definition) is 1. The topological polar surface area (TPSA) is 60.0 Å². The van der Waals surface area contributed by atoms with Gasteiger partial charge in [0.25, 0.3) is 0 Å². The third-order valence-corrected chi connectivity index (χ3v) is 5.90. The number of halogens is 1. The summed E-state index contributed by atoms with van der Waals surface area (Å²) in [4.78, 5) is 14.9. The summed E-state index contributed by atoms with van der Waals surface area (Å²) in [7, 11) is 3.24. The Kier molecular flexibility index (Phi) is 8.13. The summed E-state index contributed by atoms with van der Waals surface area (Å²) in [5, 5.41) is 3.06. The lowest BCUT2D eigenvalue weighted by molar-refractivity contribution is -0.129. The number of ether oxygens (including phenoxy) is 3. The Hall–Kier alpha value is -2.09. The summed E-state index contributed by atoms with van der Waals surface area (Å²) in [5.41, 5.74) is 2.21. The Bertz CT molecular complexity index is 861. The standard InChI is InChI=1S/C23H29BrN2O4/c1-16(26-11-12-30-22(15-26)18-5-4-6-19(24)14-18)23(27)25-10-9-17-7-8-20(28-2)21(13-17)29-3/h4-8,13-14,16,22H,9-12,15H2,1-3H3,(H,25,27). The molecule has 6 nitrogen and oxygen atoms in total. The summed E-state index contributed by atoms with van der Waals surface area (Å²) in [6, 6.07) is 13.7. The summed E-state index contributed by atoms with van der Waals surface area (Å²) < 4.78 is 17.6. The van der Waals surface area contributed by atoms with Crippen molar-refractivity contribution in [2.45, 2.75) is 25.5 Å². The van der Waals surface area contributed by atoms with E-state index < -0.39 is 0 Å². The van der Waals surface area contributed by atoms with E-state index in [1.54, 1.807) is 14.2 Å². The largest absolute Gasteiger partial charge is 0.493 e. The van der Waals surface area contributed by atoms with Crippen LogP contribution in [0.15, 0.2) is 46.9 Å². The predicted octanol–water partition coefficient (Wildman–Crippen LogP) is 3.59. The van der Waals surface area contributed by atoms with Crippen LogP contribution in [0.5, 0.6) is 11.5 Å². The van der Waals surface area contributed by atoms with E-state index in [1.165, 1.54) is 0 Å². The molecule has 7 heteroatoms. The molecule has 1 N–H and O–H groups in total. The lowest BCUT2D eigenvalue weighted by atomic mass is 10.1. The molecule has 2 aromatic rings. The summed E-state index contributed by atoms with van der Waals surface area (Å²) in [6.07, 6.45) is 0.695. The fourth-order valence-electron chi connectivity index (χ4n) is 3.61. The van der Waals surface area contributed by atoms with Crippen LogP contribution < -0.4 is 14.8 Å². The van der Waals surface area contributed by atoms with Crippen LogP contribution in [0.3, 0.4) is 0 Å². The molecule has 3 rings (SSSR count). The summed E-state index contributed by atoms with van der Waals surface area (Å²) in [5.74, 6) is 1.43. The van der Waals surface area contributed by atoms with Gasteiger partial charge in [0.2, 0.25) is 5.91 Å². The lowest BCUT2D eigenvalue weighted by Crippen LogP contribution is -2.50. The van der Waals surface area contributed by atoms with Gasteiger partial charge in [-0.1, -0.05) is 34.1 Å². The van der Waals surface area contributed by atoms with Crippen LogP contribution in [0.2, 0.25) is 0 Å². The van der Waals surface area contributed by atoms with Gasteiger partial charge in [0.1, 0.15) is 0 Å². The van der Waals surface area contributed by atoms with E-state index in [0.717, 1.165) is 28.6 Å².